The highest BCUT2D eigenvalue weighted by Gasteiger charge is 2.14. The molecule has 0 amide bonds. The lowest BCUT2D eigenvalue weighted by molar-refractivity contribution is 0.318. The quantitative estimate of drug-likeness (QED) is 0.366. The maximum Gasteiger partial charge on any atom is 0.238 e. The molecule has 1 aromatic carbocycles. The van der Waals surface area contributed by atoms with E-state index in [4.69, 9.17) is 38.9 Å². The van der Waals surface area contributed by atoms with Gasteiger partial charge < -0.3 is 15.7 Å². The Morgan fingerprint density at radius 3 is 2.75 bits per heavy atom. The van der Waals surface area contributed by atoms with Crippen LogP contribution in [0.4, 0.5) is 0 Å². The van der Waals surface area contributed by atoms with Crippen LogP contribution >= 0.6 is 39.1 Å². The molecule has 0 aliphatic heterocycles. The van der Waals surface area contributed by atoms with Gasteiger partial charge in [0.1, 0.15) is 10.8 Å². The maximum atomic E-state index is 8.68. The molecule has 3 N–H and O–H groups in total. The van der Waals surface area contributed by atoms with Gasteiger partial charge in [-0.3, -0.25) is 0 Å². The van der Waals surface area contributed by atoms with Crippen molar-refractivity contribution in [2.75, 3.05) is 0 Å². The number of hydrogen-bond acceptors (Lipinski definition) is 4. The molecule has 0 aliphatic rings. The van der Waals surface area contributed by atoms with Gasteiger partial charge in [0.2, 0.25) is 5.88 Å². The van der Waals surface area contributed by atoms with Crippen LogP contribution in [0.2, 0.25) is 10.0 Å². The molecular formula is C12H8BrCl2N3O2. The van der Waals surface area contributed by atoms with Gasteiger partial charge in [0.05, 0.1) is 5.02 Å². The fourth-order valence-electron chi connectivity index (χ4n) is 1.41. The van der Waals surface area contributed by atoms with Crippen molar-refractivity contribution in [2.45, 2.75) is 0 Å². The average Bonchev–Trinajstić information content (AvgIpc) is 2.43. The molecule has 0 bridgehead atoms. The van der Waals surface area contributed by atoms with Crippen LogP contribution in [0.5, 0.6) is 11.6 Å². The fourth-order valence-corrected chi connectivity index (χ4v) is 2.37. The molecule has 1 heterocycles. The van der Waals surface area contributed by atoms with Crippen molar-refractivity contribution in [3.63, 3.8) is 0 Å². The van der Waals surface area contributed by atoms with Crippen LogP contribution in [-0.2, 0) is 0 Å². The smallest absolute Gasteiger partial charge is 0.238 e. The molecule has 0 atom stereocenters. The van der Waals surface area contributed by atoms with Gasteiger partial charge in [-0.05, 0) is 24.3 Å². The van der Waals surface area contributed by atoms with Gasteiger partial charge in [0.25, 0.3) is 0 Å². The van der Waals surface area contributed by atoms with E-state index in [2.05, 4.69) is 26.1 Å². The van der Waals surface area contributed by atoms with E-state index >= 15 is 0 Å². The summed E-state index contributed by atoms with van der Waals surface area (Å²) in [7, 11) is 0. The number of rotatable bonds is 3. The molecule has 5 nitrogen and oxygen atoms in total. The SMILES string of the molecule is N/C(=N/O)c1ccnc(Oc2ccc(Br)cc2Cl)c1Cl. The lowest BCUT2D eigenvalue weighted by atomic mass is 10.2. The van der Waals surface area contributed by atoms with Gasteiger partial charge in [-0.25, -0.2) is 4.98 Å². The predicted octanol–water partition coefficient (Wildman–Crippen LogP) is 4.04. The van der Waals surface area contributed by atoms with Gasteiger partial charge >= 0.3 is 0 Å². The second-order valence-corrected chi connectivity index (χ2v) is 5.34. The Labute approximate surface area is 133 Å². The van der Waals surface area contributed by atoms with Crippen LogP contribution in [0.15, 0.2) is 40.1 Å². The van der Waals surface area contributed by atoms with Crippen molar-refractivity contribution >= 4 is 45.0 Å². The van der Waals surface area contributed by atoms with Crippen LogP contribution in [0.3, 0.4) is 0 Å². The molecule has 0 saturated heterocycles. The monoisotopic (exact) mass is 375 g/mol. The standard InChI is InChI=1S/C12H8BrCl2N3O2/c13-6-1-2-9(8(14)5-6)20-12-10(15)7(3-4-17-12)11(16)18-19/h1-5,19H,(H2,16,18). The normalized spacial score (nSPS) is 11.4. The number of halogens is 3. The number of nitrogens with zero attached hydrogens (tertiary/aromatic N) is 2. The molecule has 104 valence electrons. The Morgan fingerprint density at radius 1 is 1.35 bits per heavy atom. The largest absolute Gasteiger partial charge is 0.436 e. The zero-order valence-corrected chi connectivity index (χ0v) is 12.9. The molecule has 0 fully saturated rings. The molecule has 0 unspecified atom stereocenters. The summed E-state index contributed by atoms with van der Waals surface area (Å²) in [5.74, 6) is 0.366. The summed E-state index contributed by atoms with van der Waals surface area (Å²) in [5, 5.41) is 12.1. The number of nitrogens with two attached hydrogens (primary N) is 1. The molecule has 1 aromatic heterocycles. The fraction of sp³-hybridized carbons (Fsp3) is 0. The van der Waals surface area contributed by atoms with Crippen LogP contribution in [0.25, 0.3) is 0 Å². The first-order valence-electron chi connectivity index (χ1n) is 5.28. The number of pyridine rings is 1. The number of ether oxygens (including phenoxy) is 1. The van der Waals surface area contributed by atoms with E-state index < -0.39 is 0 Å². The third-order valence-electron chi connectivity index (χ3n) is 2.34. The van der Waals surface area contributed by atoms with E-state index in [0.29, 0.717) is 16.3 Å². The first kappa shape index (κ1) is 14.9. The van der Waals surface area contributed by atoms with E-state index in [0.717, 1.165) is 4.47 Å². The molecule has 0 spiro atoms. The predicted molar refractivity (Wildman–Crippen MR) is 81.0 cm³/mol. The summed E-state index contributed by atoms with van der Waals surface area (Å²) in [6.45, 7) is 0. The summed E-state index contributed by atoms with van der Waals surface area (Å²) in [6.07, 6.45) is 1.43. The molecule has 0 aliphatic carbocycles. The highest BCUT2D eigenvalue weighted by Crippen LogP contribution is 2.34. The number of benzene rings is 1. The summed E-state index contributed by atoms with van der Waals surface area (Å²) < 4.78 is 6.36. The lowest BCUT2D eigenvalue weighted by Crippen LogP contribution is -2.14. The Kier molecular flexibility index (Phi) is 4.69. The van der Waals surface area contributed by atoms with Crippen molar-refractivity contribution in [3.05, 3.63) is 50.5 Å². The maximum absolute atomic E-state index is 8.68. The number of amidine groups is 1. The molecular weight excluding hydrogens is 369 g/mol. The van der Waals surface area contributed by atoms with Gasteiger partial charge in [0.15, 0.2) is 5.84 Å². The Balaban J connectivity index is 2.39. The molecule has 2 rings (SSSR count). The lowest BCUT2D eigenvalue weighted by Gasteiger charge is -2.10. The van der Waals surface area contributed by atoms with Crippen molar-refractivity contribution in [1.82, 2.24) is 4.98 Å². The first-order chi connectivity index (χ1) is 9.52. The van der Waals surface area contributed by atoms with Crippen molar-refractivity contribution in [2.24, 2.45) is 10.9 Å². The van der Waals surface area contributed by atoms with E-state index in [9.17, 15) is 0 Å². The zero-order chi connectivity index (χ0) is 14.7. The minimum Gasteiger partial charge on any atom is -0.436 e. The van der Waals surface area contributed by atoms with E-state index in [-0.39, 0.29) is 16.7 Å². The number of aromatic nitrogens is 1. The summed E-state index contributed by atoms with van der Waals surface area (Å²) >= 11 is 15.4. The number of oxime groups is 1. The summed E-state index contributed by atoms with van der Waals surface area (Å²) in [5.41, 5.74) is 5.82. The second kappa shape index (κ2) is 6.30. The van der Waals surface area contributed by atoms with Crippen LogP contribution in [0.1, 0.15) is 5.56 Å². The topological polar surface area (TPSA) is 80.7 Å². The van der Waals surface area contributed by atoms with Crippen LogP contribution < -0.4 is 10.5 Å². The van der Waals surface area contributed by atoms with Gasteiger partial charge in [0, 0.05) is 16.2 Å². The number of hydrogen-bond donors (Lipinski definition) is 2. The molecule has 0 radical (unpaired) electrons. The summed E-state index contributed by atoms with van der Waals surface area (Å²) in [6, 6.07) is 6.62. The van der Waals surface area contributed by atoms with Gasteiger partial charge in [-0.2, -0.15) is 0 Å². The molecule has 8 heteroatoms. The summed E-state index contributed by atoms with van der Waals surface area (Å²) in [4.78, 5) is 4.00. The minimum absolute atomic E-state index is 0.111. The Morgan fingerprint density at radius 2 is 2.10 bits per heavy atom. The zero-order valence-electron chi connectivity index (χ0n) is 9.85. The highest BCUT2D eigenvalue weighted by molar-refractivity contribution is 9.10. The average molecular weight is 377 g/mol. The minimum atomic E-state index is -0.135. The molecule has 2 aromatic rings. The molecule has 20 heavy (non-hydrogen) atoms. The highest BCUT2D eigenvalue weighted by atomic mass is 79.9. The van der Waals surface area contributed by atoms with Crippen molar-refractivity contribution in [3.8, 4) is 11.6 Å². The van der Waals surface area contributed by atoms with Crippen LogP contribution in [0, 0.1) is 0 Å². The van der Waals surface area contributed by atoms with E-state index in [1.165, 1.54) is 12.3 Å². The second-order valence-electron chi connectivity index (χ2n) is 3.64. The van der Waals surface area contributed by atoms with Crippen molar-refractivity contribution in [1.29, 1.82) is 0 Å². The first-order valence-corrected chi connectivity index (χ1v) is 6.83. The van der Waals surface area contributed by atoms with Crippen molar-refractivity contribution < 1.29 is 9.94 Å². The molecule has 0 saturated carbocycles. The Bertz CT molecular complexity index is 680. The third-order valence-corrected chi connectivity index (χ3v) is 3.50. The third kappa shape index (κ3) is 3.15. The Hall–Kier alpha value is -1.50. The van der Waals surface area contributed by atoms with Gasteiger partial charge in [-0.1, -0.05) is 44.3 Å². The van der Waals surface area contributed by atoms with Crippen LogP contribution in [-0.4, -0.2) is 16.0 Å². The van der Waals surface area contributed by atoms with E-state index in [1.807, 2.05) is 0 Å². The van der Waals surface area contributed by atoms with E-state index in [1.54, 1.807) is 18.2 Å². The van der Waals surface area contributed by atoms with Gasteiger partial charge in [-0.15, -0.1) is 0 Å².